The van der Waals surface area contributed by atoms with Crippen LogP contribution in [0.15, 0.2) is 30.3 Å². The van der Waals surface area contributed by atoms with Crippen LogP contribution in [0, 0.1) is 40.9 Å². The van der Waals surface area contributed by atoms with Gasteiger partial charge in [-0.1, -0.05) is 77.3 Å². The first-order valence-electron chi connectivity index (χ1n) is 15.4. The van der Waals surface area contributed by atoms with Gasteiger partial charge in [-0.05, 0) is 60.4 Å². The molecule has 5 rings (SSSR count). The Labute approximate surface area is 245 Å². The van der Waals surface area contributed by atoms with Gasteiger partial charge in [0, 0.05) is 22.3 Å². The Morgan fingerprint density at radius 3 is 1.90 bits per heavy atom. The summed E-state index contributed by atoms with van der Waals surface area (Å²) in [6.07, 6.45) is 11.8. The van der Waals surface area contributed by atoms with Crippen LogP contribution >= 0.6 is 0 Å². The molecule has 7 heteroatoms. The summed E-state index contributed by atoms with van der Waals surface area (Å²) in [5.41, 5.74) is -0.197. The van der Waals surface area contributed by atoms with Gasteiger partial charge in [0.05, 0.1) is 13.2 Å². The van der Waals surface area contributed by atoms with Gasteiger partial charge < -0.3 is 9.47 Å². The van der Waals surface area contributed by atoms with E-state index in [1.165, 1.54) is 56.0 Å². The van der Waals surface area contributed by atoms with Crippen molar-refractivity contribution in [2.24, 2.45) is 11.8 Å². The highest BCUT2D eigenvalue weighted by Crippen LogP contribution is 2.54. The number of unbranched alkanes of at least 4 members (excludes halogenated alkanes) is 4. The number of fused-ring (bicyclic) bond motifs is 4. The van der Waals surface area contributed by atoms with Crippen molar-refractivity contribution >= 4 is 0 Å². The average Bonchev–Trinajstić information content (AvgIpc) is 2.98. The maximum absolute atomic E-state index is 15.7. The monoisotopic (exact) mass is 586 g/mol. The van der Waals surface area contributed by atoms with Crippen LogP contribution in [0.2, 0.25) is 0 Å². The zero-order valence-electron chi connectivity index (χ0n) is 24.4. The standard InChI is InChI=1S/C35H39F5O2/c1-3-5-7-9-21-10-12-22(13-11-21)20-42-28-19-26-23-14-15-24(31(36)29(23)30(26)35(40)34(28)39)25-16-17-27(33(38)32(25)37)41-18-8-6-4-2/h14-17,19,21-22H,3-13,18,20H2,1-2H3. The number of hydrogen-bond acceptors (Lipinski definition) is 2. The first-order valence-corrected chi connectivity index (χ1v) is 15.4. The largest absolute Gasteiger partial charge is 0.490 e. The smallest absolute Gasteiger partial charge is 0.201 e. The summed E-state index contributed by atoms with van der Waals surface area (Å²) in [4.78, 5) is 0. The van der Waals surface area contributed by atoms with E-state index in [4.69, 9.17) is 9.47 Å². The van der Waals surface area contributed by atoms with Crippen molar-refractivity contribution in [1.82, 2.24) is 0 Å². The Balaban J connectivity index is 1.29. The molecule has 3 aromatic rings. The molecule has 0 amide bonds. The SMILES string of the molecule is CCCCCOc1ccc(-c2ccc3c(c2F)-c2c-3cc(OCC3CCC(CCCCC)CC3)c(F)c2F)c(F)c1F. The Bertz CT molecular complexity index is 1410. The highest BCUT2D eigenvalue weighted by molar-refractivity contribution is 6.05. The predicted octanol–water partition coefficient (Wildman–Crippen LogP) is 11.0. The maximum Gasteiger partial charge on any atom is 0.201 e. The molecule has 0 N–H and O–H groups in total. The van der Waals surface area contributed by atoms with Crippen molar-refractivity contribution in [3.63, 3.8) is 0 Å². The molecule has 1 saturated carbocycles. The Hall–Kier alpha value is -3.09. The molecule has 42 heavy (non-hydrogen) atoms. The van der Waals surface area contributed by atoms with Gasteiger partial charge in [0.15, 0.2) is 23.1 Å². The summed E-state index contributed by atoms with van der Waals surface area (Å²) in [5, 5.41) is 0. The molecule has 0 atom stereocenters. The lowest BCUT2D eigenvalue weighted by Crippen LogP contribution is -2.20. The summed E-state index contributed by atoms with van der Waals surface area (Å²) >= 11 is 0. The predicted molar refractivity (Wildman–Crippen MR) is 156 cm³/mol. The number of hydrogen-bond donors (Lipinski definition) is 0. The molecule has 1 fully saturated rings. The van der Waals surface area contributed by atoms with Gasteiger partial charge in [-0.3, -0.25) is 0 Å². The van der Waals surface area contributed by atoms with Crippen molar-refractivity contribution in [3.8, 4) is 44.9 Å². The third-order valence-electron chi connectivity index (χ3n) is 8.85. The molecule has 2 aliphatic rings. The van der Waals surface area contributed by atoms with Crippen molar-refractivity contribution in [1.29, 1.82) is 0 Å². The van der Waals surface area contributed by atoms with Gasteiger partial charge in [-0.25, -0.2) is 13.2 Å². The van der Waals surface area contributed by atoms with Crippen molar-refractivity contribution in [2.75, 3.05) is 13.2 Å². The maximum atomic E-state index is 15.7. The average molecular weight is 587 g/mol. The molecule has 3 aromatic carbocycles. The lowest BCUT2D eigenvalue weighted by molar-refractivity contribution is 0.172. The number of ether oxygens (including phenoxy) is 2. The fraction of sp³-hybridized carbons (Fsp3) is 0.486. The minimum Gasteiger partial charge on any atom is -0.490 e. The third-order valence-corrected chi connectivity index (χ3v) is 8.85. The zero-order valence-corrected chi connectivity index (χ0v) is 24.4. The lowest BCUT2D eigenvalue weighted by Gasteiger charge is -2.30. The van der Waals surface area contributed by atoms with Gasteiger partial charge in [0.2, 0.25) is 11.6 Å². The third kappa shape index (κ3) is 6.02. The highest BCUT2D eigenvalue weighted by Gasteiger charge is 2.35. The lowest BCUT2D eigenvalue weighted by atomic mass is 9.78. The van der Waals surface area contributed by atoms with Crippen molar-refractivity contribution < 1.29 is 31.4 Å². The summed E-state index contributed by atoms with van der Waals surface area (Å²) < 4.78 is 86.9. The molecule has 0 aromatic heterocycles. The molecular formula is C35H39F5O2. The van der Waals surface area contributed by atoms with E-state index in [1.54, 1.807) is 0 Å². The topological polar surface area (TPSA) is 18.5 Å². The highest BCUT2D eigenvalue weighted by atomic mass is 19.2. The zero-order chi connectivity index (χ0) is 29.8. The Kier molecular flexibility index (Phi) is 9.74. The molecule has 0 spiro atoms. The fourth-order valence-electron chi connectivity index (χ4n) is 6.32. The number of halogens is 5. The molecule has 2 nitrogen and oxygen atoms in total. The summed E-state index contributed by atoms with van der Waals surface area (Å²) in [7, 11) is 0. The quantitative estimate of drug-likeness (QED) is 0.115. The van der Waals surface area contributed by atoms with Crippen LogP contribution in [0.5, 0.6) is 11.5 Å². The van der Waals surface area contributed by atoms with E-state index in [0.29, 0.717) is 24.2 Å². The molecule has 2 aliphatic carbocycles. The van der Waals surface area contributed by atoms with E-state index in [2.05, 4.69) is 6.92 Å². The fourth-order valence-corrected chi connectivity index (χ4v) is 6.32. The van der Waals surface area contributed by atoms with E-state index in [1.807, 2.05) is 6.92 Å². The Morgan fingerprint density at radius 1 is 0.571 bits per heavy atom. The molecule has 0 radical (unpaired) electrons. The van der Waals surface area contributed by atoms with Gasteiger partial charge in [-0.15, -0.1) is 0 Å². The molecule has 0 heterocycles. The number of benzene rings is 3. The molecular weight excluding hydrogens is 547 g/mol. The molecule has 0 unspecified atom stereocenters. The van der Waals surface area contributed by atoms with Crippen molar-refractivity contribution in [2.45, 2.75) is 84.5 Å². The first kappa shape index (κ1) is 30.4. The first-order chi connectivity index (χ1) is 20.3. The minimum atomic E-state index is -1.26. The van der Waals surface area contributed by atoms with E-state index in [-0.39, 0.29) is 46.3 Å². The van der Waals surface area contributed by atoms with E-state index in [9.17, 15) is 4.39 Å². The van der Waals surface area contributed by atoms with Crippen LogP contribution in [-0.2, 0) is 0 Å². The van der Waals surface area contributed by atoms with Crippen LogP contribution in [0.4, 0.5) is 22.0 Å². The summed E-state index contributed by atoms with van der Waals surface area (Å²) in [6, 6.07) is 6.76. The second-order valence-corrected chi connectivity index (χ2v) is 11.8. The van der Waals surface area contributed by atoms with Gasteiger partial charge >= 0.3 is 0 Å². The van der Waals surface area contributed by atoms with Gasteiger partial charge in [-0.2, -0.15) is 8.78 Å². The van der Waals surface area contributed by atoms with Crippen LogP contribution in [0.1, 0.15) is 84.5 Å². The van der Waals surface area contributed by atoms with E-state index in [0.717, 1.165) is 44.4 Å². The summed E-state index contributed by atoms with van der Waals surface area (Å²) in [5.74, 6) is -5.18. The van der Waals surface area contributed by atoms with Crippen LogP contribution in [-0.4, -0.2) is 13.2 Å². The van der Waals surface area contributed by atoms with Gasteiger partial charge in [0.1, 0.15) is 5.82 Å². The van der Waals surface area contributed by atoms with Gasteiger partial charge in [0.25, 0.3) is 0 Å². The second kappa shape index (κ2) is 13.5. The molecule has 226 valence electrons. The van der Waals surface area contributed by atoms with E-state index >= 15 is 17.6 Å². The van der Waals surface area contributed by atoms with Crippen molar-refractivity contribution in [3.05, 3.63) is 59.4 Å². The van der Waals surface area contributed by atoms with Crippen LogP contribution < -0.4 is 9.47 Å². The second-order valence-electron chi connectivity index (χ2n) is 11.8. The number of rotatable bonds is 13. The van der Waals surface area contributed by atoms with E-state index < -0.39 is 29.1 Å². The molecule has 0 bridgehead atoms. The summed E-state index contributed by atoms with van der Waals surface area (Å²) in [6.45, 7) is 4.77. The minimum absolute atomic E-state index is 0.147. The Morgan fingerprint density at radius 2 is 1.17 bits per heavy atom. The molecule has 0 aliphatic heterocycles. The van der Waals surface area contributed by atoms with Crippen LogP contribution in [0.25, 0.3) is 33.4 Å². The van der Waals surface area contributed by atoms with Crippen LogP contribution in [0.3, 0.4) is 0 Å². The molecule has 0 saturated heterocycles. The normalized spacial score (nSPS) is 17.4.